The van der Waals surface area contributed by atoms with Crippen LogP contribution in [0.25, 0.3) is 0 Å². The molecule has 37 heavy (non-hydrogen) atoms. The van der Waals surface area contributed by atoms with Gasteiger partial charge < -0.3 is 28.4 Å². The van der Waals surface area contributed by atoms with Crippen molar-refractivity contribution in [2.75, 3.05) is 27.4 Å². The van der Waals surface area contributed by atoms with Crippen molar-refractivity contribution in [3.05, 3.63) is 47.5 Å². The fraction of sp³-hybridized carbons (Fsp3) is 0.407. The molecule has 0 aliphatic heterocycles. The second kappa shape index (κ2) is 13.9. The van der Waals surface area contributed by atoms with Crippen LogP contribution in [0.3, 0.4) is 0 Å². The highest BCUT2D eigenvalue weighted by molar-refractivity contribution is 5.79. The van der Waals surface area contributed by atoms with Gasteiger partial charge in [-0.15, -0.1) is 0 Å². The molecule has 0 saturated carbocycles. The summed E-state index contributed by atoms with van der Waals surface area (Å²) in [5.41, 5.74) is 1.24. The molecule has 0 amide bonds. The Morgan fingerprint density at radius 2 is 1.22 bits per heavy atom. The number of methoxy groups -OCH3 is 2. The van der Waals surface area contributed by atoms with Gasteiger partial charge in [-0.3, -0.25) is 19.2 Å². The molecule has 0 N–H and O–H groups in total. The summed E-state index contributed by atoms with van der Waals surface area (Å²) in [6.07, 6.45) is 0.193. The Balaban J connectivity index is 2.52. The Hall–Kier alpha value is -4.08. The first-order valence-electron chi connectivity index (χ1n) is 11.6. The largest absolute Gasteiger partial charge is 0.493 e. The Morgan fingerprint density at radius 3 is 1.68 bits per heavy atom. The molecule has 2 unspecified atom stereocenters. The first kappa shape index (κ1) is 29.2. The third-order valence-electron chi connectivity index (χ3n) is 5.34. The Kier molecular flexibility index (Phi) is 10.9. The van der Waals surface area contributed by atoms with Crippen LogP contribution in [-0.4, -0.2) is 51.3 Å². The normalized spacial score (nSPS) is 12.1. The number of carbonyl (C=O) groups excluding carboxylic acids is 4. The van der Waals surface area contributed by atoms with E-state index in [-0.39, 0.29) is 36.9 Å². The zero-order valence-electron chi connectivity index (χ0n) is 21.8. The molecular formula is C27H32O10. The van der Waals surface area contributed by atoms with E-state index in [4.69, 9.17) is 28.4 Å². The van der Waals surface area contributed by atoms with Crippen LogP contribution >= 0.6 is 0 Å². The summed E-state index contributed by atoms with van der Waals surface area (Å²) in [4.78, 5) is 47.6. The van der Waals surface area contributed by atoms with E-state index < -0.39 is 35.7 Å². The third-order valence-corrected chi connectivity index (χ3v) is 5.34. The van der Waals surface area contributed by atoms with Gasteiger partial charge in [0.15, 0.2) is 23.0 Å². The van der Waals surface area contributed by atoms with Crippen molar-refractivity contribution in [2.24, 2.45) is 0 Å². The molecule has 0 fully saturated rings. The van der Waals surface area contributed by atoms with E-state index in [2.05, 4.69) is 0 Å². The maximum absolute atomic E-state index is 13.1. The van der Waals surface area contributed by atoms with Crippen molar-refractivity contribution in [2.45, 2.75) is 46.0 Å². The minimum Gasteiger partial charge on any atom is -0.493 e. The van der Waals surface area contributed by atoms with E-state index in [1.807, 2.05) is 0 Å². The van der Waals surface area contributed by atoms with Gasteiger partial charge >= 0.3 is 23.9 Å². The smallest absolute Gasteiger partial charge is 0.313 e. The number of benzene rings is 2. The summed E-state index contributed by atoms with van der Waals surface area (Å²) in [6.45, 7) is 5.69. The molecule has 0 bridgehead atoms. The number of hydrogen-bond donors (Lipinski definition) is 0. The fourth-order valence-corrected chi connectivity index (χ4v) is 3.73. The van der Waals surface area contributed by atoms with Gasteiger partial charge in [0.2, 0.25) is 0 Å². The molecular weight excluding hydrogens is 484 g/mol. The maximum Gasteiger partial charge on any atom is 0.313 e. The average molecular weight is 517 g/mol. The fourth-order valence-electron chi connectivity index (χ4n) is 3.73. The average Bonchev–Trinajstić information content (AvgIpc) is 2.84. The Bertz CT molecular complexity index is 1120. The minimum atomic E-state index is -0.778. The lowest BCUT2D eigenvalue weighted by atomic mass is 9.85. The number of rotatable bonds is 12. The van der Waals surface area contributed by atoms with E-state index in [1.165, 1.54) is 35.0 Å². The summed E-state index contributed by atoms with van der Waals surface area (Å²) in [5.74, 6) is -2.20. The third kappa shape index (κ3) is 8.52. The summed E-state index contributed by atoms with van der Waals surface area (Å²) in [6, 6.07) is 9.75. The molecule has 2 aromatic rings. The van der Waals surface area contributed by atoms with Gasteiger partial charge in [0.1, 0.15) is 0 Å². The molecule has 0 heterocycles. The summed E-state index contributed by atoms with van der Waals surface area (Å²) in [5, 5.41) is 0. The topological polar surface area (TPSA) is 124 Å². The van der Waals surface area contributed by atoms with Gasteiger partial charge in [0.05, 0.1) is 33.4 Å². The van der Waals surface area contributed by atoms with Gasteiger partial charge in [-0.05, 0) is 48.7 Å². The molecule has 0 radical (unpaired) electrons. The van der Waals surface area contributed by atoms with Gasteiger partial charge in [-0.2, -0.15) is 0 Å². The monoisotopic (exact) mass is 516 g/mol. The van der Waals surface area contributed by atoms with Crippen molar-refractivity contribution in [1.29, 1.82) is 0 Å². The number of ether oxygens (including phenoxy) is 6. The molecule has 0 saturated heterocycles. The van der Waals surface area contributed by atoms with Gasteiger partial charge in [0.25, 0.3) is 0 Å². The molecule has 2 aromatic carbocycles. The zero-order valence-corrected chi connectivity index (χ0v) is 21.8. The van der Waals surface area contributed by atoms with Gasteiger partial charge in [-0.1, -0.05) is 12.1 Å². The molecule has 0 spiro atoms. The zero-order chi connectivity index (χ0) is 27.5. The van der Waals surface area contributed by atoms with E-state index >= 15 is 0 Å². The Labute approximate surface area is 215 Å². The predicted molar refractivity (Wildman–Crippen MR) is 132 cm³/mol. The van der Waals surface area contributed by atoms with Crippen molar-refractivity contribution >= 4 is 23.9 Å². The second-order valence-corrected chi connectivity index (χ2v) is 8.05. The van der Waals surface area contributed by atoms with E-state index in [0.29, 0.717) is 16.9 Å². The molecule has 10 nitrogen and oxygen atoms in total. The van der Waals surface area contributed by atoms with Crippen LogP contribution in [0.2, 0.25) is 0 Å². The van der Waals surface area contributed by atoms with Crippen molar-refractivity contribution in [3.8, 4) is 23.0 Å². The highest BCUT2D eigenvalue weighted by Crippen LogP contribution is 2.38. The van der Waals surface area contributed by atoms with Crippen LogP contribution in [-0.2, 0) is 28.7 Å². The lowest BCUT2D eigenvalue weighted by Gasteiger charge is -2.24. The van der Waals surface area contributed by atoms with Crippen LogP contribution in [0.5, 0.6) is 23.0 Å². The predicted octanol–water partition coefficient (Wildman–Crippen LogP) is 3.94. The SMILES string of the molecule is CCOC(=O)C(CC(COC(C)=O)c1ccc(OC(C)=O)c(OC)c1)c1ccc(OC(C)=O)c(OC)c1. The van der Waals surface area contributed by atoms with Crippen molar-refractivity contribution < 1.29 is 47.6 Å². The Morgan fingerprint density at radius 1 is 0.703 bits per heavy atom. The number of carbonyl (C=O) groups is 4. The van der Waals surface area contributed by atoms with E-state index in [1.54, 1.807) is 43.3 Å². The summed E-state index contributed by atoms with van der Waals surface area (Å²) >= 11 is 0. The highest BCUT2D eigenvalue weighted by atomic mass is 16.6. The van der Waals surface area contributed by atoms with Crippen molar-refractivity contribution in [1.82, 2.24) is 0 Å². The molecule has 10 heteroatoms. The molecule has 0 aliphatic carbocycles. The minimum absolute atomic E-state index is 0.0238. The summed E-state index contributed by atoms with van der Waals surface area (Å²) < 4.78 is 31.7. The molecule has 200 valence electrons. The first-order valence-corrected chi connectivity index (χ1v) is 11.6. The number of esters is 4. The standard InChI is InChI=1S/C27H32O10/c1-7-34-27(31)22(20-9-11-24(37-18(4)30)26(14-20)33-6)12-21(15-35-16(2)28)19-8-10-23(36-17(3)29)25(13-19)32-5/h8-11,13-14,21-22H,7,12,15H2,1-6H3. The van der Waals surface area contributed by atoms with Crippen LogP contribution in [0.1, 0.15) is 57.1 Å². The van der Waals surface area contributed by atoms with Gasteiger partial charge in [-0.25, -0.2) is 0 Å². The molecule has 0 aliphatic rings. The van der Waals surface area contributed by atoms with Crippen LogP contribution in [0.15, 0.2) is 36.4 Å². The quantitative estimate of drug-likeness (QED) is 0.303. The van der Waals surface area contributed by atoms with Crippen LogP contribution in [0.4, 0.5) is 0 Å². The van der Waals surface area contributed by atoms with Crippen molar-refractivity contribution in [3.63, 3.8) is 0 Å². The number of hydrogen-bond acceptors (Lipinski definition) is 10. The van der Waals surface area contributed by atoms with Gasteiger partial charge in [0, 0.05) is 26.7 Å². The lowest BCUT2D eigenvalue weighted by molar-refractivity contribution is -0.145. The van der Waals surface area contributed by atoms with Crippen LogP contribution < -0.4 is 18.9 Å². The molecule has 2 rings (SSSR count). The molecule has 2 atom stereocenters. The molecule has 0 aromatic heterocycles. The lowest BCUT2D eigenvalue weighted by Crippen LogP contribution is -2.22. The summed E-state index contributed by atoms with van der Waals surface area (Å²) in [7, 11) is 2.86. The van der Waals surface area contributed by atoms with E-state index in [9.17, 15) is 19.2 Å². The maximum atomic E-state index is 13.1. The van der Waals surface area contributed by atoms with E-state index in [0.717, 1.165) is 0 Å². The van der Waals surface area contributed by atoms with Crippen LogP contribution in [0, 0.1) is 0 Å². The second-order valence-electron chi connectivity index (χ2n) is 8.05. The first-order chi connectivity index (χ1) is 17.6. The highest BCUT2D eigenvalue weighted by Gasteiger charge is 2.29.